The van der Waals surface area contributed by atoms with E-state index in [-0.39, 0.29) is 5.82 Å². The highest BCUT2D eigenvalue weighted by Gasteiger charge is 2.47. The molecule has 1 saturated carbocycles. The predicted octanol–water partition coefficient (Wildman–Crippen LogP) is 3.96. The van der Waals surface area contributed by atoms with E-state index in [1.807, 2.05) is 12.1 Å². The fourth-order valence-corrected chi connectivity index (χ4v) is 4.67. The molecule has 0 amide bonds. The van der Waals surface area contributed by atoms with Crippen molar-refractivity contribution in [2.45, 2.75) is 31.3 Å². The van der Waals surface area contributed by atoms with Crippen LogP contribution >= 0.6 is 0 Å². The number of fused-ring (bicyclic) bond motifs is 1. The van der Waals surface area contributed by atoms with Crippen molar-refractivity contribution < 1.29 is 9.50 Å². The van der Waals surface area contributed by atoms with Crippen molar-refractivity contribution in [1.29, 1.82) is 0 Å². The molecule has 26 heavy (non-hydrogen) atoms. The molecule has 1 aliphatic carbocycles. The van der Waals surface area contributed by atoms with Crippen LogP contribution in [0.2, 0.25) is 0 Å². The fourth-order valence-electron chi connectivity index (χ4n) is 4.67. The number of anilines is 1. The zero-order valence-corrected chi connectivity index (χ0v) is 15.0. The molecule has 2 aromatic carbocycles. The van der Waals surface area contributed by atoms with Crippen molar-refractivity contribution in [2.75, 3.05) is 25.4 Å². The minimum atomic E-state index is -0.502. The summed E-state index contributed by atoms with van der Waals surface area (Å²) in [6.07, 6.45) is 2.46. The summed E-state index contributed by atoms with van der Waals surface area (Å²) in [5.41, 5.74) is 8.85. The van der Waals surface area contributed by atoms with Crippen LogP contribution in [0.1, 0.15) is 42.4 Å². The summed E-state index contributed by atoms with van der Waals surface area (Å²) >= 11 is 0. The predicted molar refractivity (Wildman–Crippen MR) is 102 cm³/mol. The number of nitrogens with two attached hydrogens (primary N) is 1. The number of likely N-dealkylation sites (tertiary alicyclic amines) is 1. The first-order chi connectivity index (χ1) is 12.6. The van der Waals surface area contributed by atoms with E-state index < -0.39 is 6.10 Å². The molecule has 1 heterocycles. The highest BCUT2D eigenvalue weighted by atomic mass is 19.1. The van der Waals surface area contributed by atoms with Gasteiger partial charge in [0.2, 0.25) is 0 Å². The maximum atomic E-state index is 13.0. The Kier molecular flexibility index (Phi) is 4.96. The Morgan fingerprint density at radius 1 is 1.08 bits per heavy atom. The van der Waals surface area contributed by atoms with Gasteiger partial charge in [0.15, 0.2) is 0 Å². The second kappa shape index (κ2) is 7.37. The normalized spacial score (nSPS) is 26.3. The van der Waals surface area contributed by atoms with Gasteiger partial charge in [-0.2, -0.15) is 0 Å². The number of hydrogen-bond acceptors (Lipinski definition) is 3. The molecular weight excluding hydrogens is 327 g/mol. The van der Waals surface area contributed by atoms with Crippen molar-refractivity contribution in [1.82, 2.24) is 4.90 Å². The molecule has 3 nitrogen and oxygen atoms in total. The number of nitrogens with zero attached hydrogens (tertiary/aromatic N) is 1. The van der Waals surface area contributed by atoms with Gasteiger partial charge in [-0.05, 0) is 79.0 Å². The van der Waals surface area contributed by atoms with Crippen molar-refractivity contribution in [3.05, 3.63) is 65.5 Å². The van der Waals surface area contributed by atoms with Crippen molar-refractivity contribution in [3.8, 4) is 0 Å². The monoisotopic (exact) mass is 354 g/mol. The number of benzene rings is 2. The van der Waals surface area contributed by atoms with Crippen LogP contribution in [0.4, 0.5) is 10.1 Å². The Morgan fingerprint density at radius 2 is 1.81 bits per heavy atom. The molecule has 0 aromatic heterocycles. The average Bonchev–Trinajstić information content (AvgIpc) is 2.94. The van der Waals surface area contributed by atoms with Crippen molar-refractivity contribution in [2.24, 2.45) is 11.8 Å². The largest absolute Gasteiger partial charge is 0.399 e. The highest BCUT2D eigenvalue weighted by Crippen LogP contribution is 2.51. The van der Waals surface area contributed by atoms with Gasteiger partial charge >= 0.3 is 0 Å². The highest BCUT2D eigenvalue weighted by molar-refractivity contribution is 5.41. The standard InChI is InChI=1S/C22H27FN2O/c23-18-7-3-16(4-8-18)22(26)2-1-11-25-13-17-12-20(21(17)14-25)15-5-9-19(24)10-6-15/h3-10,17,20-22,26H,1-2,11-14,24H2. The molecule has 2 aromatic rings. The molecule has 0 spiro atoms. The minimum absolute atomic E-state index is 0.260. The van der Waals surface area contributed by atoms with Gasteiger partial charge in [0.1, 0.15) is 5.82 Å². The lowest BCUT2D eigenvalue weighted by molar-refractivity contribution is 0.158. The molecule has 2 aliphatic rings. The first-order valence-corrected chi connectivity index (χ1v) is 9.61. The van der Waals surface area contributed by atoms with Gasteiger partial charge in [-0.25, -0.2) is 4.39 Å². The lowest BCUT2D eigenvalue weighted by Crippen LogP contribution is -2.33. The third-order valence-corrected chi connectivity index (χ3v) is 6.21. The average molecular weight is 354 g/mol. The van der Waals surface area contributed by atoms with E-state index in [0.717, 1.165) is 49.0 Å². The fraction of sp³-hybridized carbons (Fsp3) is 0.455. The van der Waals surface area contributed by atoms with Crippen LogP contribution in [0.15, 0.2) is 48.5 Å². The summed E-state index contributed by atoms with van der Waals surface area (Å²) in [4.78, 5) is 2.55. The minimum Gasteiger partial charge on any atom is -0.399 e. The van der Waals surface area contributed by atoms with Crippen LogP contribution < -0.4 is 5.73 Å². The second-order valence-corrected chi connectivity index (χ2v) is 7.90. The van der Waals surface area contributed by atoms with Crippen LogP contribution in [0.25, 0.3) is 0 Å². The van der Waals surface area contributed by atoms with E-state index in [9.17, 15) is 9.50 Å². The van der Waals surface area contributed by atoms with Gasteiger partial charge in [-0.15, -0.1) is 0 Å². The van der Waals surface area contributed by atoms with Gasteiger partial charge in [-0.3, -0.25) is 0 Å². The zero-order chi connectivity index (χ0) is 18.1. The number of aliphatic hydroxyl groups excluding tert-OH is 1. The Labute approximate surface area is 154 Å². The molecule has 3 N–H and O–H groups in total. The van der Waals surface area contributed by atoms with Crippen LogP contribution in [-0.4, -0.2) is 29.6 Å². The first kappa shape index (κ1) is 17.5. The van der Waals surface area contributed by atoms with E-state index >= 15 is 0 Å². The Morgan fingerprint density at radius 3 is 2.54 bits per heavy atom. The number of aliphatic hydroxyl groups is 1. The smallest absolute Gasteiger partial charge is 0.123 e. The van der Waals surface area contributed by atoms with Crippen LogP contribution in [0.5, 0.6) is 0 Å². The maximum Gasteiger partial charge on any atom is 0.123 e. The number of halogens is 1. The Hall–Kier alpha value is -1.91. The van der Waals surface area contributed by atoms with E-state index in [1.54, 1.807) is 12.1 Å². The maximum absolute atomic E-state index is 13.0. The molecular formula is C22H27FN2O. The van der Waals surface area contributed by atoms with E-state index in [4.69, 9.17) is 5.73 Å². The number of rotatable bonds is 6. The van der Waals surface area contributed by atoms with Crippen LogP contribution in [-0.2, 0) is 0 Å². The lowest BCUT2D eigenvalue weighted by atomic mass is 9.64. The van der Waals surface area contributed by atoms with Gasteiger partial charge in [-0.1, -0.05) is 24.3 Å². The van der Waals surface area contributed by atoms with Crippen molar-refractivity contribution in [3.63, 3.8) is 0 Å². The number of hydrogen-bond donors (Lipinski definition) is 2. The third kappa shape index (κ3) is 3.62. The van der Waals surface area contributed by atoms with Gasteiger partial charge < -0.3 is 15.7 Å². The molecule has 2 fully saturated rings. The Balaban J connectivity index is 1.24. The number of nitrogen functional groups attached to an aromatic ring is 1. The van der Waals surface area contributed by atoms with Crippen LogP contribution in [0, 0.1) is 17.7 Å². The summed E-state index contributed by atoms with van der Waals surface area (Å²) in [5, 5.41) is 10.3. The molecule has 0 radical (unpaired) electrons. The molecule has 4 unspecified atom stereocenters. The summed E-state index contributed by atoms with van der Waals surface area (Å²) in [5.74, 6) is 2.00. The Bertz CT molecular complexity index is 731. The third-order valence-electron chi connectivity index (χ3n) is 6.21. The van der Waals surface area contributed by atoms with E-state index in [1.165, 1.54) is 30.7 Å². The molecule has 138 valence electrons. The van der Waals surface area contributed by atoms with Crippen molar-refractivity contribution >= 4 is 5.69 Å². The zero-order valence-electron chi connectivity index (χ0n) is 15.0. The molecule has 4 heteroatoms. The topological polar surface area (TPSA) is 49.5 Å². The van der Waals surface area contributed by atoms with Gasteiger partial charge in [0, 0.05) is 18.8 Å². The van der Waals surface area contributed by atoms with Crippen LogP contribution in [0.3, 0.4) is 0 Å². The quantitative estimate of drug-likeness (QED) is 0.772. The summed E-state index contributed by atoms with van der Waals surface area (Å²) in [6.45, 7) is 3.37. The first-order valence-electron chi connectivity index (χ1n) is 9.61. The molecule has 4 rings (SSSR count). The van der Waals surface area contributed by atoms with E-state index in [2.05, 4.69) is 17.0 Å². The van der Waals surface area contributed by atoms with Gasteiger partial charge in [0.05, 0.1) is 6.10 Å². The second-order valence-electron chi connectivity index (χ2n) is 7.90. The lowest BCUT2D eigenvalue weighted by Gasteiger charge is -2.40. The molecule has 1 saturated heterocycles. The van der Waals surface area contributed by atoms with E-state index in [0.29, 0.717) is 5.92 Å². The summed E-state index contributed by atoms with van der Waals surface area (Å²) in [6, 6.07) is 14.5. The summed E-state index contributed by atoms with van der Waals surface area (Å²) in [7, 11) is 0. The van der Waals surface area contributed by atoms with Gasteiger partial charge in [0.25, 0.3) is 0 Å². The molecule has 4 atom stereocenters. The SMILES string of the molecule is Nc1ccc(C2CC3CN(CCCC(O)c4ccc(F)cc4)CC32)cc1. The molecule has 0 bridgehead atoms. The summed E-state index contributed by atoms with van der Waals surface area (Å²) < 4.78 is 13.0. The molecule has 1 aliphatic heterocycles.